The van der Waals surface area contributed by atoms with Crippen molar-refractivity contribution in [2.45, 2.75) is 39.8 Å². The van der Waals surface area contributed by atoms with Crippen LogP contribution in [0, 0.1) is 5.92 Å². The molecule has 1 unspecified atom stereocenters. The molecule has 0 saturated heterocycles. The summed E-state index contributed by atoms with van der Waals surface area (Å²) in [7, 11) is 0. The van der Waals surface area contributed by atoms with E-state index in [1.165, 1.54) is 18.3 Å². The van der Waals surface area contributed by atoms with Crippen molar-refractivity contribution in [1.82, 2.24) is 10.7 Å². The molecule has 0 heterocycles. The van der Waals surface area contributed by atoms with Crippen LogP contribution < -0.4 is 15.5 Å². The second-order valence-electron chi connectivity index (χ2n) is 7.41. The van der Waals surface area contributed by atoms with E-state index in [1.807, 2.05) is 45.9 Å². The highest BCUT2D eigenvalue weighted by Crippen LogP contribution is 2.26. The van der Waals surface area contributed by atoms with E-state index in [0.29, 0.717) is 10.6 Å². The molecule has 0 spiro atoms. The van der Waals surface area contributed by atoms with Gasteiger partial charge in [-0.2, -0.15) is 5.10 Å². The molecule has 2 amide bonds. The molecule has 166 valence electrons. The first-order chi connectivity index (χ1) is 14.6. The fourth-order valence-electron chi connectivity index (χ4n) is 2.58. The van der Waals surface area contributed by atoms with Gasteiger partial charge in [-0.05, 0) is 77.7 Å². The molecule has 0 aliphatic rings. The maximum absolute atomic E-state index is 12.6. The van der Waals surface area contributed by atoms with E-state index >= 15 is 0 Å². The molecule has 2 rings (SSSR count). The van der Waals surface area contributed by atoms with Gasteiger partial charge in [0.05, 0.1) is 26.8 Å². The number of hydrogen-bond acceptors (Lipinski definition) is 4. The number of carbonyl (C=O) groups excluding carboxylic acids is 2. The zero-order valence-corrected chi connectivity index (χ0v) is 20.7. The van der Waals surface area contributed by atoms with Gasteiger partial charge in [0, 0.05) is 5.56 Å². The fourth-order valence-corrected chi connectivity index (χ4v) is 3.37. The average molecular weight is 529 g/mol. The first-order valence-electron chi connectivity index (χ1n) is 9.63. The summed E-state index contributed by atoms with van der Waals surface area (Å²) < 4.78 is 6.45. The number of ether oxygens (including phenoxy) is 1. The number of halogens is 3. The monoisotopic (exact) mass is 527 g/mol. The van der Waals surface area contributed by atoms with Gasteiger partial charge >= 0.3 is 0 Å². The van der Waals surface area contributed by atoms with Crippen molar-refractivity contribution in [1.29, 1.82) is 0 Å². The topological polar surface area (TPSA) is 79.8 Å². The van der Waals surface area contributed by atoms with Crippen molar-refractivity contribution in [3.63, 3.8) is 0 Å². The van der Waals surface area contributed by atoms with E-state index < -0.39 is 17.9 Å². The zero-order valence-electron chi connectivity index (χ0n) is 17.6. The Labute approximate surface area is 200 Å². The Kier molecular flexibility index (Phi) is 9.34. The standard InChI is InChI=1S/C22H24BrCl2N3O3/c1-12(2)20(27-21(29)15-6-7-17(24)18(25)10-15)22(30)28-26-11-14-5-8-19(16(23)9-14)31-13(3)4/h5-13,20H,1-4H3,(H,27,29)(H,28,30)/b26-11+. The van der Waals surface area contributed by atoms with Crippen LogP contribution in [0.25, 0.3) is 0 Å². The SMILES string of the molecule is CC(C)Oc1ccc(/C=N/NC(=O)C(NC(=O)c2ccc(Cl)c(Cl)c2)C(C)C)cc1Br. The van der Waals surface area contributed by atoms with Crippen LogP contribution >= 0.6 is 39.1 Å². The smallest absolute Gasteiger partial charge is 0.262 e. The van der Waals surface area contributed by atoms with E-state index in [9.17, 15) is 9.59 Å². The first kappa shape index (κ1) is 25.2. The minimum absolute atomic E-state index is 0.0576. The van der Waals surface area contributed by atoms with Gasteiger partial charge in [0.1, 0.15) is 11.8 Å². The number of benzene rings is 2. The summed E-state index contributed by atoms with van der Waals surface area (Å²) in [6.45, 7) is 7.55. The molecule has 6 nitrogen and oxygen atoms in total. The lowest BCUT2D eigenvalue weighted by Crippen LogP contribution is -2.48. The first-order valence-corrected chi connectivity index (χ1v) is 11.2. The van der Waals surface area contributed by atoms with Crippen molar-refractivity contribution in [3.05, 3.63) is 62.0 Å². The van der Waals surface area contributed by atoms with Crippen LogP contribution in [-0.4, -0.2) is 30.2 Å². The molecule has 0 aliphatic heterocycles. The van der Waals surface area contributed by atoms with Gasteiger partial charge in [0.2, 0.25) is 0 Å². The van der Waals surface area contributed by atoms with Gasteiger partial charge < -0.3 is 10.1 Å². The van der Waals surface area contributed by atoms with Crippen LogP contribution in [-0.2, 0) is 4.79 Å². The Bertz CT molecular complexity index is 980. The summed E-state index contributed by atoms with van der Waals surface area (Å²) in [4.78, 5) is 25.1. The van der Waals surface area contributed by atoms with Crippen LogP contribution in [0.3, 0.4) is 0 Å². The predicted octanol–water partition coefficient (Wildman–Crippen LogP) is 5.45. The van der Waals surface area contributed by atoms with E-state index in [-0.39, 0.29) is 17.0 Å². The third-order valence-electron chi connectivity index (χ3n) is 4.12. The van der Waals surface area contributed by atoms with Crippen LogP contribution in [0.5, 0.6) is 5.75 Å². The number of nitrogens with one attached hydrogen (secondary N) is 2. The Morgan fingerprint density at radius 2 is 1.77 bits per heavy atom. The third-order valence-corrected chi connectivity index (χ3v) is 5.48. The number of amides is 2. The lowest BCUT2D eigenvalue weighted by atomic mass is 10.0. The summed E-state index contributed by atoms with van der Waals surface area (Å²) in [6.07, 6.45) is 1.57. The van der Waals surface area contributed by atoms with Crippen LogP contribution in [0.4, 0.5) is 0 Å². The molecule has 2 aromatic rings. The van der Waals surface area contributed by atoms with Gasteiger partial charge in [-0.1, -0.05) is 37.0 Å². The van der Waals surface area contributed by atoms with Gasteiger partial charge in [0.25, 0.3) is 11.8 Å². The van der Waals surface area contributed by atoms with Gasteiger partial charge in [-0.15, -0.1) is 0 Å². The Morgan fingerprint density at radius 1 is 1.06 bits per heavy atom. The molecule has 1 atom stereocenters. The molecule has 0 radical (unpaired) electrons. The second kappa shape index (κ2) is 11.5. The Morgan fingerprint density at radius 3 is 2.35 bits per heavy atom. The molecular formula is C22H24BrCl2N3O3. The number of carbonyl (C=O) groups is 2. The molecule has 0 saturated carbocycles. The average Bonchev–Trinajstić information content (AvgIpc) is 2.69. The van der Waals surface area contributed by atoms with Crippen molar-refractivity contribution in [2.24, 2.45) is 11.0 Å². The van der Waals surface area contributed by atoms with Crippen molar-refractivity contribution < 1.29 is 14.3 Å². The lowest BCUT2D eigenvalue weighted by molar-refractivity contribution is -0.123. The summed E-state index contributed by atoms with van der Waals surface area (Å²) in [5.41, 5.74) is 3.56. The summed E-state index contributed by atoms with van der Waals surface area (Å²) in [5.74, 6) is -0.302. The van der Waals surface area contributed by atoms with E-state index in [4.69, 9.17) is 27.9 Å². The highest BCUT2D eigenvalue weighted by atomic mass is 79.9. The molecule has 31 heavy (non-hydrogen) atoms. The lowest BCUT2D eigenvalue weighted by Gasteiger charge is -2.20. The zero-order chi connectivity index (χ0) is 23.1. The molecule has 0 aliphatic carbocycles. The number of rotatable bonds is 8. The molecular weight excluding hydrogens is 505 g/mol. The number of nitrogens with zero attached hydrogens (tertiary/aromatic N) is 1. The quantitative estimate of drug-likeness (QED) is 0.353. The predicted molar refractivity (Wildman–Crippen MR) is 128 cm³/mol. The van der Waals surface area contributed by atoms with Crippen molar-refractivity contribution in [2.75, 3.05) is 0 Å². The molecule has 2 aromatic carbocycles. The molecule has 2 N–H and O–H groups in total. The normalized spacial score (nSPS) is 12.3. The Hall–Kier alpha value is -2.09. The van der Waals surface area contributed by atoms with Crippen LogP contribution in [0.1, 0.15) is 43.6 Å². The van der Waals surface area contributed by atoms with Gasteiger partial charge in [0.15, 0.2) is 0 Å². The van der Waals surface area contributed by atoms with Crippen molar-refractivity contribution >= 4 is 57.2 Å². The van der Waals surface area contributed by atoms with Crippen molar-refractivity contribution in [3.8, 4) is 5.75 Å². The number of hydrogen-bond donors (Lipinski definition) is 2. The van der Waals surface area contributed by atoms with Gasteiger partial charge in [-0.25, -0.2) is 5.43 Å². The Balaban J connectivity index is 2.03. The maximum atomic E-state index is 12.6. The maximum Gasteiger partial charge on any atom is 0.262 e. The van der Waals surface area contributed by atoms with E-state index in [1.54, 1.807) is 6.07 Å². The highest BCUT2D eigenvalue weighted by molar-refractivity contribution is 9.10. The summed E-state index contributed by atoms with van der Waals surface area (Å²) in [6, 6.07) is 9.22. The molecule has 0 fully saturated rings. The largest absolute Gasteiger partial charge is 0.490 e. The highest BCUT2D eigenvalue weighted by Gasteiger charge is 2.24. The third kappa shape index (κ3) is 7.52. The molecule has 0 bridgehead atoms. The second-order valence-corrected chi connectivity index (χ2v) is 9.08. The molecule has 0 aromatic heterocycles. The van der Waals surface area contributed by atoms with E-state index in [2.05, 4.69) is 31.8 Å². The van der Waals surface area contributed by atoms with Crippen LogP contribution in [0.15, 0.2) is 46.0 Å². The molecule has 9 heteroatoms. The van der Waals surface area contributed by atoms with Gasteiger partial charge in [-0.3, -0.25) is 9.59 Å². The minimum atomic E-state index is -0.785. The van der Waals surface area contributed by atoms with E-state index in [0.717, 1.165) is 15.8 Å². The summed E-state index contributed by atoms with van der Waals surface area (Å²) in [5, 5.41) is 7.33. The van der Waals surface area contributed by atoms with Crippen LogP contribution in [0.2, 0.25) is 10.0 Å². The summed E-state index contributed by atoms with van der Waals surface area (Å²) >= 11 is 15.3. The minimum Gasteiger partial charge on any atom is -0.490 e. The number of hydrazone groups is 1. The fraction of sp³-hybridized carbons (Fsp3) is 0.318.